The summed E-state index contributed by atoms with van der Waals surface area (Å²) in [5, 5.41) is 1.68. The van der Waals surface area contributed by atoms with Gasteiger partial charge in [0.05, 0.1) is 0 Å². The number of carbonyl (C=O) groups is 1. The Balaban J connectivity index is 2.19. The standard InChI is InChI=1S/C11H11N3O3S2/c12-13-11(15)8-3-5-9(6-4-8)14-19(16,17)10-2-1-7-18-10/h1-7,14H,12H2,(H,13,15). The largest absolute Gasteiger partial charge is 0.290 e. The van der Waals surface area contributed by atoms with Crippen LogP contribution in [0.1, 0.15) is 10.4 Å². The lowest BCUT2D eigenvalue weighted by molar-refractivity contribution is 0.0953. The van der Waals surface area contributed by atoms with Crippen LogP contribution >= 0.6 is 11.3 Å². The van der Waals surface area contributed by atoms with Crippen LogP contribution in [-0.4, -0.2) is 14.3 Å². The molecule has 1 heterocycles. The maximum absolute atomic E-state index is 11.9. The van der Waals surface area contributed by atoms with Gasteiger partial charge in [0.1, 0.15) is 4.21 Å². The van der Waals surface area contributed by atoms with Gasteiger partial charge >= 0.3 is 0 Å². The molecule has 1 amide bonds. The van der Waals surface area contributed by atoms with Crippen LogP contribution in [0, 0.1) is 0 Å². The number of rotatable bonds is 4. The molecule has 4 N–H and O–H groups in total. The van der Waals surface area contributed by atoms with Gasteiger partial charge in [-0.3, -0.25) is 14.9 Å². The molecule has 0 spiro atoms. The average molecular weight is 297 g/mol. The number of hydrazine groups is 1. The van der Waals surface area contributed by atoms with Crippen LogP contribution in [0.3, 0.4) is 0 Å². The van der Waals surface area contributed by atoms with Crippen molar-refractivity contribution in [1.82, 2.24) is 5.43 Å². The fraction of sp³-hybridized carbons (Fsp3) is 0. The number of sulfonamides is 1. The van der Waals surface area contributed by atoms with Crippen molar-refractivity contribution in [3.63, 3.8) is 0 Å². The molecule has 100 valence electrons. The molecular weight excluding hydrogens is 286 g/mol. The summed E-state index contributed by atoms with van der Waals surface area (Å²) in [5.41, 5.74) is 2.72. The maximum atomic E-state index is 11.9. The highest BCUT2D eigenvalue weighted by Crippen LogP contribution is 2.20. The van der Waals surface area contributed by atoms with E-state index >= 15 is 0 Å². The molecule has 19 heavy (non-hydrogen) atoms. The second-order valence-electron chi connectivity index (χ2n) is 3.59. The molecule has 2 aromatic rings. The van der Waals surface area contributed by atoms with Crippen LogP contribution in [0.5, 0.6) is 0 Å². The third kappa shape index (κ3) is 3.11. The van der Waals surface area contributed by atoms with Gasteiger partial charge < -0.3 is 0 Å². The second-order valence-corrected chi connectivity index (χ2v) is 6.45. The van der Waals surface area contributed by atoms with E-state index < -0.39 is 15.9 Å². The first-order chi connectivity index (χ1) is 9.03. The summed E-state index contributed by atoms with van der Waals surface area (Å²) in [6, 6.07) is 9.13. The number of carbonyl (C=O) groups excluding carboxylic acids is 1. The third-order valence-electron chi connectivity index (χ3n) is 2.29. The van der Waals surface area contributed by atoms with Crippen LogP contribution < -0.4 is 16.0 Å². The normalized spacial score (nSPS) is 11.0. The van der Waals surface area contributed by atoms with E-state index in [1.807, 2.05) is 5.43 Å². The second kappa shape index (κ2) is 5.39. The van der Waals surface area contributed by atoms with Crippen molar-refractivity contribution in [3.05, 3.63) is 47.3 Å². The van der Waals surface area contributed by atoms with E-state index in [0.29, 0.717) is 11.3 Å². The molecule has 0 saturated carbocycles. The third-order valence-corrected chi connectivity index (χ3v) is 5.07. The molecule has 0 radical (unpaired) electrons. The Labute approximate surface area is 114 Å². The lowest BCUT2D eigenvalue weighted by atomic mass is 10.2. The van der Waals surface area contributed by atoms with E-state index in [0.717, 1.165) is 11.3 Å². The molecule has 0 unspecified atom stereocenters. The number of hydrogen-bond acceptors (Lipinski definition) is 5. The van der Waals surface area contributed by atoms with E-state index in [2.05, 4.69) is 4.72 Å². The first-order valence-corrected chi connectivity index (χ1v) is 7.56. The Bertz CT molecular complexity index is 664. The van der Waals surface area contributed by atoms with Gasteiger partial charge in [-0.15, -0.1) is 11.3 Å². The van der Waals surface area contributed by atoms with Crippen molar-refractivity contribution in [2.24, 2.45) is 5.84 Å². The van der Waals surface area contributed by atoms with Crippen molar-refractivity contribution in [2.45, 2.75) is 4.21 Å². The zero-order chi connectivity index (χ0) is 13.9. The van der Waals surface area contributed by atoms with Gasteiger partial charge in [-0.1, -0.05) is 6.07 Å². The van der Waals surface area contributed by atoms with E-state index in [4.69, 9.17) is 5.84 Å². The fourth-order valence-electron chi connectivity index (χ4n) is 1.39. The number of nitrogens with one attached hydrogen (secondary N) is 2. The van der Waals surface area contributed by atoms with E-state index in [-0.39, 0.29) is 4.21 Å². The van der Waals surface area contributed by atoms with Gasteiger partial charge in [0.25, 0.3) is 15.9 Å². The summed E-state index contributed by atoms with van der Waals surface area (Å²) in [6.07, 6.45) is 0. The molecule has 0 aliphatic rings. The van der Waals surface area contributed by atoms with Crippen LogP contribution in [0.15, 0.2) is 46.0 Å². The lowest BCUT2D eigenvalue weighted by Crippen LogP contribution is -2.29. The lowest BCUT2D eigenvalue weighted by Gasteiger charge is -2.06. The molecule has 6 nitrogen and oxygen atoms in total. The molecule has 8 heteroatoms. The monoisotopic (exact) mass is 297 g/mol. The maximum Gasteiger partial charge on any atom is 0.271 e. The summed E-state index contributed by atoms with van der Waals surface area (Å²) < 4.78 is 26.5. The molecule has 0 aliphatic carbocycles. The van der Waals surface area contributed by atoms with Crippen LogP contribution in [0.4, 0.5) is 5.69 Å². The molecule has 0 saturated heterocycles. The minimum absolute atomic E-state index is 0.233. The van der Waals surface area contributed by atoms with Gasteiger partial charge in [0.15, 0.2) is 0 Å². The van der Waals surface area contributed by atoms with Crippen molar-refractivity contribution in [1.29, 1.82) is 0 Å². The summed E-state index contributed by atoms with van der Waals surface area (Å²) in [6.45, 7) is 0. The Hall–Kier alpha value is -1.90. The Kier molecular flexibility index (Phi) is 3.84. The minimum atomic E-state index is -3.57. The van der Waals surface area contributed by atoms with Crippen LogP contribution in [-0.2, 0) is 10.0 Å². The molecule has 0 bridgehead atoms. The highest BCUT2D eigenvalue weighted by Gasteiger charge is 2.15. The first-order valence-electron chi connectivity index (χ1n) is 5.20. The van der Waals surface area contributed by atoms with Gasteiger partial charge in [0, 0.05) is 11.3 Å². The number of thiophene rings is 1. The van der Waals surface area contributed by atoms with Gasteiger partial charge in [0.2, 0.25) is 0 Å². The zero-order valence-corrected chi connectivity index (χ0v) is 11.3. The summed E-state index contributed by atoms with van der Waals surface area (Å²) >= 11 is 1.13. The molecule has 0 aliphatic heterocycles. The number of amides is 1. The SMILES string of the molecule is NNC(=O)c1ccc(NS(=O)(=O)c2cccs2)cc1. The zero-order valence-electron chi connectivity index (χ0n) is 9.66. The number of nitrogen functional groups attached to an aromatic ring is 1. The van der Waals surface area contributed by atoms with Gasteiger partial charge in [-0.05, 0) is 35.7 Å². The number of benzene rings is 1. The first kappa shape index (κ1) is 13.5. The molecule has 0 atom stereocenters. The molecule has 1 aromatic heterocycles. The average Bonchev–Trinajstić information content (AvgIpc) is 2.93. The highest BCUT2D eigenvalue weighted by molar-refractivity contribution is 7.94. The Morgan fingerprint density at radius 2 is 1.84 bits per heavy atom. The summed E-state index contributed by atoms with van der Waals surface area (Å²) in [7, 11) is -3.57. The quantitative estimate of drug-likeness (QED) is 0.447. The molecule has 2 rings (SSSR count). The number of anilines is 1. The van der Waals surface area contributed by atoms with Crippen molar-refractivity contribution < 1.29 is 13.2 Å². The van der Waals surface area contributed by atoms with E-state index in [9.17, 15) is 13.2 Å². The van der Waals surface area contributed by atoms with E-state index in [1.165, 1.54) is 30.3 Å². The summed E-state index contributed by atoms with van der Waals surface area (Å²) in [5.74, 6) is 4.56. The highest BCUT2D eigenvalue weighted by atomic mass is 32.2. The smallest absolute Gasteiger partial charge is 0.271 e. The van der Waals surface area contributed by atoms with Crippen molar-refractivity contribution in [2.75, 3.05) is 4.72 Å². The molecular formula is C11H11N3O3S2. The predicted octanol–water partition coefficient (Wildman–Crippen LogP) is 1.15. The number of nitrogens with two attached hydrogens (primary N) is 1. The van der Waals surface area contributed by atoms with Crippen molar-refractivity contribution >= 4 is 33.0 Å². The number of hydrogen-bond donors (Lipinski definition) is 3. The van der Waals surface area contributed by atoms with Crippen LogP contribution in [0.25, 0.3) is 0 Å². The predicted molar refractivity (Wildman–Crippen MR) is 73.2 cm³/mol. The van der Waals surface area contributed by atoms with Crippen molar-refractivity contribution in [3.8, 4) is 0 Å². The topological polar surface area (TPSA) is 101 Å². The molecule has 1 aromatic carbocycles. The minimum Gasteiger partial charge on any atom is -0.290 e. The Morgan fingerprint density at radius 3 is 2.37 bits per heavy atom. The Morgan fingerprint density at radius 1 is 1.16 bits per heavy atom. The molecule has 0 fully saturated rings. The van der Waals surface area contributed by atoms with Gasteiger partial charge in [-0.25, -0.2) is 14.3 Å². The van der Waals surface area contributed by atoms with Gasteiger partial charge in [-0.2, -0.15) is 0 Å². The van der Waals surface area contributed by atoms with Crippen LogP contribution in [0.2, 0.25) is 0 Å². The summed E-state index contributed by atoms with van der Waals surface area (Å²) in [4.78, 5) is 11.2. The fourth-order valence-corrected chi connectivity index (χ4v) is 3.45. The van der Waals surface area contributed by atoms with E-state index in [1.54, 1.807) is 11.4 Å².